The molecule has 1 saturated heterocycles. The number of aliphatic hydroxyl groups is 1. The molecule has 1 aliphatic heterocycles. The van der Waals surface area contributed by atoms with E-state index in [2.05, 4.69) is 26.1 Å². The van der Waals surface area contributed by atoms with E-state index in [0.717, 1.165) is 18.5 Å². The Morgan fingerprint density at radius 3 is 2.50 bits per heavy atom. The number of amides is 2. The number of hydrogen-bond donors (Lipinski definition) is 2. The Morgan fingerprint density at radius 2 is 1.95 bits per heavy atom. The third-order valence-electron chi connectivity index (χ3n) is 3.69. The van der Waals surface area contributed by atoms with Gasteiger partial charge < -0.3 is 15.3 Å². The van der Waals surface area contributed by atoms with Crippen molar-refractivity contribution in [2.75, 3.05) is 18.4 Å². The number of nitrogens with one attached hydrogen (secondary N) is 1. The molecule has 0 aliphatic carbocycles. The minimum Gasteiger partial charge on any atom is -0.391 e. The summed E-state index contributed by atoms with van der Waals surface area (Å²) < 4.78 is 0. The molecule has 0 spiro atoms. The molecule has 2 amide bonds. The fraction of sp³-hybridized carbons (Fsp3) is 0.562. The van der Waals surface area contributed by atoms with Crippen molar-refractivity contribution >= 4 is 11.7 Å². The van der Waals surface area contributed by atoms with Crippen LogP contribution in [0.3, 0.4) is 0 Å². The van der Waals surface area contributed by atoms with E-state index in [1.807, 2.05) is 24.3 Å². The summed E-state index contributed by atoms with van der Waals surface area (Å²) in [5.41, 5.74) is 2.14. The van der Waals surface area contributed by atoms with E-state index in [1.165, 1.54) is 5.56 Å². The van der Waals surface area contributed by atoms with Crippen LogP contribution in [0.25, 0.3) is 0 Å². The van der Waals surface area contributed by atoms with Crippen LogP contribution >= 0.6 is 0 Å². The Balaban J connectivity index is 1.97. The number of likely N-dealkylation sites (tertiary alicyclic amines) is 1. The highest BCUT2D eigenvalue weighted by molar-refractivity contribution is 5.89. The second-order valence-electron chi connectivity index (χ2n) is 6.50. The molecular weight excluding hydrogens is 252 g/mol. The third-order valence-corrected chi connectivity index (χ3v) is 3.69. The molecule has 1 aliphatic rings. The maximum atomic E-state index is 12.1. The number of carbonyl (C=O) groups excluding carboxylic acids is 1. The quantitative estimate of drug-likeness (QED) is 0.828. The lowest BCUT2D eigenvalue weighted by atomic mass is 9.87. The number of anilines is 1. The molecule has 1 aromatic carbocycles. The first kappa shape index (κ1) is 14.9. The zero-order valence-corrected chi connectivity index (χ0v) is 12.5. The second kappa shape index (κ2) is 5.83. The Labute approximate surface area is 120 Å². The summed E-state index contributed by atoms with van der Waals surface area (Å²) in [7, 11) is 0. The van der Waals surface area contributed by atoms with Gasteiger partial charge in [0.25, 0.3) is 0 Å². The largest absolute Gasteiger partial charge is 0.391 e. The van der Waals surface area contributed by atoms with Crippen LogP contribution in [0, 0.1) is 0 Å². The fourth-order valence-electron chi connectivity index (χ4n) is 2.40. The normalized spacial score (nSPS) is 19.8. The van der Waals surface area contributed by atoms with Gasteiger partial charge in [0.2, 0.25) is 0 Å². The van der Waals surface area contributed by atoms with Gasteiger partial charge in [-0.25, -0.2) is 4.79 Å². The summed E-state index contributed by atoms with van der Waals surface area (Å²) in [4.78, 5) is 13.8. The van der Waals surface area contributed by atoms with Gasteiger partial charge in [0.05, 0.1) is 6.10 Å². The average molecular weight is 276 g/mol. The molecule has 0 aromatic heterocycles. The van der Waals surface area contributed by atoms with E-state index >= 15 is 0 Å². The lowest BCUT2D eigenvalue weighted by Gasteiger charge is -2.30. The molecular formula is C16H24N2O2. The number of nitrogens with zero attached hydrogens (tertiary/aromatic N) is 1. The number of piperidine rings is 1. The zero-order chi connectivity index (χ0) is 14.8. The van der Waals surface area contributed by atoms with Gasteiger partial charge in [-0.3, -0.25) is 0 Å². The second-order valence-corrected chi connectivity index (χ2v) is 6.50. The number of rotatable bonds is 1. The molecule has 0 radical (unpaired) electrons. The fourth-order valence-corrected chi connectivity index (χ4v) is 2.40. The van der Waals surface area contributed by atoms with E-state index in [0.29, 0.717) is 13.1 Å². The highest BCUT2D eigenvalue weighted by atomic mass is 16.3. The molecule has 20 heavy (non-hydrogen) atoms. The van der Waals surface area contributed by atoms with Crippen LogP contribution in [-0.4, -0.2) is 35.2 Å². The Kier molecular flexibility index (Phi) is 4.33. The van der Waals surface area contributed by atoms with Crippen molar-refractivity contribution in [3.05, 3.63) is 29.8 Å². The molecule has 1 fully saturated rings. The van der Waals surface area contributed by atoms with Crippen molar-refractivity contribution in [2.24, 2.45) is 0 Å². The number of carbonyl (C=O) groups is 1. The SMILES string of the molecule is CC(C)(C)c1ccc(NC(=O)N2CCCC(O)C2)cc1. The zero-order valence-electron chi connectivity index (χ0n) is 12.5. The van der Waals surface area contributed by atoms with Crippen molar-refractivity contribution in [2.45, 2.75) is 45.1 Å². The molecule has 0 bridgehead atoms. The van der Waals surface area contributed by atoms with E-state index < -0.39 is 6.10 Å². The standard InChI is InChI=1S/C16H24N2O2/c1-16(2,3)12-6-8-13(9-7-12)17-15(20)18-10-4-5-14(19)11-18/h6-9,14,19H,4-5,10-11H2,1-3H3,(H,17,20). The van der Waals surface area contributed by atoms with Crippen LogP contribution in [-0.2, 0) is 5.41 Å². The monoisotopic (exact) mass is 276 g/mol. The minimum absolute atomic E-state index is 0.111. The van der Waals surface area contributed by atoms with Crippen LogP contribution in [0.1, 0.15) is 39.2 Å². The molecule has 110 valence electrons. The van der Waals surface area contributed by atoms with E-state index in [9.17, 15) is 9.90 Å². The molecule has 1 aromatic rings. The molecule has 4 nitrogen and oxygen atoms in total. The van der Waals surface area contributed by atoms with Crippen molar-refractivity contribution in [3.63, 3.8) is 0 Å². The summed E-state index contributed by atoms with van der Waals surface area (Å²) in [6.45, 7) is 7.62. The summed E-state index contributed by atoms with van der Waals surface area (Å²) in [6, 6.07) is 7.81. The summed E-state index contributed by atoms with van der Waals surface area (Å²) >= 11 is 0. The van der Waals surface area contributed by atoms with Gasteiger partial charge in [0.15, 0.2) is 0 Å². The van der Waals surface area contributed by atoms with Crippen LogP contribution in [0.4, 0.5) is 10.5 Å². The molecule has 0 saturated carbocycles. The molecule has 4 heteroatoms. The first-order chi connectivity index (χ1) is 9.36. The molecule has 2 rings (SSSR count). The minimum atomic E-state index is -0.391. The Hall–Kier alpha value is -1.55. The average Bonchev–Trinajstić information content (AvgIpc) is 2.38. The van der Waals surface area contributed by atoms with Crippen LogP contribution < -0.4 is 5.32 Å². The molecule has 2 N–H and O–H groups in total. The van der Waals surface area contributed by atoms with Crippen molar-refractivity contribution < 1.29 is 9.90 Å². The number of β-amino-alcohol motifs (C(OH)–C–C–N with tert-alkyl or cyclic N) is 1. The Bertz CT molecular complexity index is 462. The predicted octanol–water partition coefficient (Wildman–Crippen LogP) is 2.97. The molecule has 1 unspecified atom stereocenters. The maximum absolute atomic E-state index is 12.1. The highest BCUT2D eigenvalue weighted by Crippen LogP contribution is 2.23. The first-order valence-electron chi connectivity index (χ1n) is 7.21. The van der Waals surface area contributed by atoms with Crippen molar-refractivity contribution in [1.29, 1.82) is 0 Å². The van der Waals surface area contributed by atoms with Crippen LogP contribution in [0.15, 0.2) is 24.3 Å². The molecule has 1 heterocycles. The maximum Gasteiger partial charge on any atom is 0.321 e. The molecule has 1 atom stereocenters. The lowest BCUT2D eigenvalue weighted by molar-refractivity contribution is 0.0883. The summed E-state index contributed by atoms with van der Waals surface area (Å²) in [6.07, 6.45) is 1.25. The first-order valence-corrected chi connectivity index (χ1v) is 7.21. The van der Waals surface area contributed by atoms with Crippen LogP contribution in [0.2, 0.25) is 0 Å². The number of urea groups is 1. The topological polar surface area (TPSA) is 52.6 Å². The van der Waals surface area contributed by atoms with Gasteiger partial charge in [-0.1, -0.05) is 32.9 Å². The number of hydrogen-bond acceptors (Lipinski definition) is 2. The van der Waals surface area contributed by atoms with Gasteiger partial charge in [-0.15, -0.1) is 0 Å². The van der Waals surface area contributed by atoms with E-state index in [-0.39, 0.29) is 11.4 Å². The summed E-state index contributed by atoms with van der Waals surface area (Å²) in [5.74, 6) is 0. The Morgan fingerprint density at radius 1 is 1.30 bits per heavy atom. The lowest BCUT2D eigenvalue weighted by Crippen LogP contribution is -2.44. The number of aliphatic hydroxyl groups excluding tert-OH is 1. The van der Waals surface area contributed by atoms with Crippen molar-refractivity contribution in [1.82, 2.24) is 4.90 Å². The van der Waals surface area contributed by atoms with Gasteiger partial charge in [-0.2, -0.15) is 0 Å². The third kappa shape index (κ3) is 3.73. The van der Waals surface area contributed by atoms with Crippen molar-refractivity contribution in [3.8, 4) is 0 Å². The van der Waals surface area contributed by atoms with E-state index in [4.69, 9.17) is 0 Å². The highest BCUT2D eigenvalue weighted by Gasteiger charge is 2.22. The van der Waals surface area contributed by atoms with Gasteiger partial charge >= 0.3 is 6.03 Å². The van der Waals surface area contributed by atoms with E-state index in [1.54, 1.807) is 4.90 Å². The smallest absolute Gasteiger partial charge is 0.321 e. The van der Waals surface area contributed by atoms with Gasteiger partial charge in [-0.05, 0) is 36.0 Å². The number of benzene rings is 1. The predicted molar refractivity (Wildman–Crippen MR) is 81.0 cm³/mol. The van der Waals surface area contributed by atoms with Crippen LogP contribution in [0.5, 0.6) is 0 Å². The summed E-state index contributed by atoms with van der Waals surface area (Å²) in [5, 5.41) is 12.5. The van der Waals surface area contributed by atoms with Gasteiger partial charge in [0.1, 0.15) is 0 Å². The van der Waals surface area contributed by atoms with Gasteiger partial charge in [0, 0.05) is 18.8 Å².